The Hall–Kier alpha value is -0.650. The van der Waals surface area contributed by atoms with Crippen LogP contribution in [0.25, 0.3) is 0 Å². The number of ether oxygens (including phenoxy) is 2. The summed E-state index contributed by atoms with van der Waals surface area (Å²) >= 11 is 0. The molecule has 0 aliphatic carbocycles. The fraction of sp³-hybridized carbons (Fsp3) is 0.917. The largest absolute Gasteiger partial charge is 0.388 e. The molecule has 0 amide bonds. The Kier molecular flexibility index (Phi) is 10.1. The summed E-state index contributed by atoms with van der Waals surface area (Å²) < 4.78 is 10.4. The minimum absolute atomic E-state index is 0.249. The average molecular weight is 245 g/mol. The second-order valence-electron chi connectivity index (χ2n) is 4.57. The highest BCUT2D eigenvalue weighted by Gasteiger charge is 2.07. The first kappa shape index (κ1) is 16.4. The molecule has 0 unspecified atom stereocenters. The van der Waals surface area contributed by atoms with Crippen LogP contribution in [0.1, 0.15) is 20.3 Å². The molecule has 3 N–H and O–H groups in total. The molecular weight excluding hydrogens is 218 g/mol. The predicted molar refractivity (Wildman–Crippen MR) is 70.5 cm³/mol. The first-order valence-corrected chi connectivity index (χ1v) is 6.18. The number of nitrogens with zero attached hydrogens (tertiary/aromatic N) is 1. The van der Waals surface area contributed by atoms with Gasteiger partial charge in [0.15, 0.2) is 0 Å². The highest BCUT2D eigenvalue weighted by atomic mass is 16.5. The molecule has 0 saturated carbocycles. The van der Waals surface area contributed by atoms with Gasteiger partial charge in [-0.15, -0.1) is 0 Å². The maximum absolute atomic E-state index is 7.24. The van der Waals surface area contributed by atoms with Crippen molar-refractivity contribution >= 4 is 5.84 Å². The zero-order chi connectivity index (χ0) is 13.1. The van der Waals surface area contributed by atoms with Crippen molar-refractivity contribution in [3.8, 4) is 0 Å². The van der Waals surface area contributed by atoms with Crippen molar-refractivity contribution in [3.63, 3.8) is 0 Å². The molecule has 0 aromatic heterocycles. The standard InChI is InChI=1S/C12H27N3O2/c1-11(2)10-15(5-4-12(13)14)6-7-17-9-8-16-3/h11H,4-10H2,1-3H3,(H3,13,14). The van der Waals surface area contributed by atoms with Crippen molar-refractivity contribution in [2.24, 2.45) is 11.7 Å². The van der Waals surface area contributed by atoms with Gasteiger partial charge in [0.1, 0.15) is 0 Å². The summed E-state index contributed by atoms with van der Waals surface area (Å²) in [6, 6.07) is 0. The average Bonchev–Trinajstić information content (AvgIpc) is 2.24. The van der Waals surface area contributed by atoms with Crippen LogP contribution in [-0.2, 0) is 9.47 Å². The lowest BCUT2D eigenvalue weighted by atomic mass is 10.2. The van der Waals surface area contributed by atoms with E-state index >= 15 is 0 Å². The van der Waals surface area contributed by atoms with Gasteiger partial charge in [0, 0.05) is 33.2 Å². The summed E-state index contributed by atoms with van der Waals surface area (Å²) in [6.07, 6.45) is 0.630. The number of hydrogen-bond acceptors (Lipinski definition) is 4. The van der Waals surface area contributed by atoms with Gasteiger partial charge in [-0.1, -0.05) is 13.8 Å². The van der Waals surface area contributed by atoms with Gasteiger partial charge >= 0.3 is 0 Å². The zero-order valence-electron chi connectivity index (χ0n) is 11.4. The van der Waals surface area contributed by atoms with E-state index in [0.717, 1.165) is 19.6 Å². The van der Waals surface area contributed by atoms with Crippen LogP contribution in [0, 0.1) is 11.3 Å². The number of nitrogens with one attached hydrogen (secondary N) is 1. The van der Waals surface area contributed by atoms with E-state index in [4.69, 9.17) is 20.6 Å². The van der Waals surface area contributed by atoms with Gasteiger partial charge < -0.3 is 20.1 Å². The summed E-state index contributed by atoms with van der Waals surface area (Å²) in [6.45, 7) is 9.08. The fourth-order valence-corrected chi connectivity index (χ4v) is 1.53. The minimum Gasteiger partial charge on any atom is -0.388 e. The van der Waals surface area contributed by atoms with Gasteiger partial charge in [-0.2, -0.15) is 0 Å². The number of amidine groups is 1. The lowest BCUT2D eigenvalue weighted by molar-refractivity contribution is 0.0558. The lowest BCUT2D eigenvalue weighted by Crippen LogP contribution is -2.34. The summed E-state index contributed by atoms with van der Waals surface area (Å²) in [4.78, 5) is 2.29. The van der Waals surface area contributed by atoms with Crippen molar-refractivity contribution in [1.29, 1.82) is 5.41 Å². The molecule has 5 nitrogen and oxygen atoms in total. The zero-order valence-corrected chi connectivity index (χ0v) is 11.4. The molecule has 0 atom stereocenters. The Bertz CT molecular complexity index is 198. The topological polar surface area (TPSA) is 71.6 Å². The first-order chi connectivity index (χ1) is 8.06. The van der Waals surface area contributed by atoms with Gasteiger partial charge in [-0.3, -0.25) is 5.41 Å². The van der Waals surface area contributed by atoms with Crippen molar-refractivity contribution < 1.29 is 9.47 Å². The first-order valence-electron chi connectivity index (χ1n) is 6.18. The van der Waals surface area contributed by atoms with Crippen LogP contribution in [0.3, 0.4) is 0 Å². The maximum Gasteiger partial charge on any atom is 0.0918 e. The molecule has 0 radical (unpaired) electrons. The van der Waals surface area contributed by atoms with E-state index in [1.807, 2.05) is 0 Å². The van der Waals surface area contributed by atoms with Gasteiger partial charge in [0.05, 0.1) is 25.7 Å². The van der Waals surface area contributed by atoms with Crippen LogP contribution in [0.2, 0.25) is 0 Å². The van der Waals surface area contributed by atoms with Crippen molar-refractivity contribution in [3.05, 3.63) is 0 Å². The van der Waals surface area contributed by atoms with Gasteiger partial charge in [0.25, 0.3) is 0 Å². The van der Waals surface area contributed by atoms with Crippen LogP contribution in [-0.4, -0.2) is 57.3 Å². The molecule has 0 aliphatic heterocycles. The molecule has 102 valence electrons. The van der Waals surface area contributed by atoms with Crippen LogP contribution in [0.5, 0.6) is 0 Å². The summed E-state index contributed by atoms with van der Waals surface area (Å²) in [5, 5.41) is 7.24. The highest BCUT2D eigenvalue weighted by Crippen LogP contribution is 2.00. The summed E-state index contributed by atoms with van der Waals surface area (Å²) in [5.74, 6) is 0.861. The SMILES string of the molecule is COCCOCCN(CCC(=N)N)CC(C)C. The third kappa shape index (κ3) is 11.6. The molecule has 0 aromatic rings. The van der Waals surface area contributed by atoms with Crippen LogP contribution < -0.4 is 5.73 Å². The second kappa shape index (κ2) is 10.5. The summed E-state index contributed by atoms with van der Waals surface area (Å²) in [7, 11) is 1.67. The van der Waals surface area contributed by atoms with Crippen molar-refractivity contribution in [2.75, 3.05) is 46.6 Å². The Balaban J connectivity index is 3.72. The highest BCUT2D eigenvalue weighted by molar-refractivity contribution is 5.76. The van der Waals surface area contributed by atoms with Crippen LogP contribution >= 0.6 is 0 Å². The second-order valence-corrected chi connectivity index (χ2v) is 4.57. The third-order valence-electron chi connectivity index (χ3n) is 2.30. The van der Waals surface area contributed by atoms with E-state index in [1.54, 1.807) is 7.11 Å². The Morgan fingerprint density at radius 1 is 1.24 bits per heavy atom. The molecule has 0 saturated heterocycles. The van der Waals surface area contributed by atoms with E-state index in [2.05, 4.69) is 18.7 Å². The van der Waals surface area contributed by atoms with E-state index in [1.165, 1.54) is 0 Å². The minimum atomic E-state index is 0.249. The van der Waals surface area contributed by atoms with E-state index in [-0.39, 0.29) is 5.84 Å². The number of hydrogen-bond donors (Lipinski definition) is 2. The van der Waals surface area contributed by atoms with Crippen molar-refractivity contribution in [1.82, 2.24) is 4.90 Å². The van der Waals surface area contributed by atoms with E-state index < -0.39 is 0 Å². The number of methoxy groups -OCH3 is 1. The smallest absolute Gasteiger partial charge is 0.0918 e. The molecule has 0 heterocycles. The maximum atomic E-state index is 7.24. The molecule has 5 heteroatoms. The summed E-state index contributed by atoms with van der Waals surface area (Å²) in [5.41, 5.74) is 5.37. The Morgan fingerprint density at radius 2 is 1.94 bits per heavy atom. The van der Waals surface area contributed by atoms with E-state index in [0.29, 0.717) is 32.2 Å². The fourth-order valence-electron chi connectivity index (χ4n) is 1.53. The van der Waals surface area contributed by atoms with Gasteiger partial charge in [0.2, 0.25) is 0 Å². The predicted octanol–water partition coefficient (Wildman–Crippen LogP) is 0.933. The quantitative estimate of drug-likeness (QED) is 0.323. The molecule has 0 fully saturated rings. The number of rotatable bonds is 11. The number of nitrogens with two attached hydrogens (primary N) is 1. The van der Waals surface area contributed by atoms with Crippen LogP contribution in [0.15, 0.2) is 0 Å². The molecule has 0 aromatic carbocycles. The van der Waals surface area contributed by atoms with Gasteiger partial charge in [-0.25, -0.2) is 0 Å². The van der Waals surface area contributed by atoms with Gasteiger partial charge in [-0.05, 0) is 5.92 Å². The molecule has 0 spiro atoms. The van der Waals surface area contributed by atoms with Crippen molar-refractivity contribution in [2.45, 2.75) is 20.3 Å². The molecule has 0 bridgehead atoms. The molecule has 0 aliphatic rings. The molecular formula is C12H27N3O2. The normalized spacial score (nSPS) is 11.4. The molecule has 17 heavy (non-hydrogen) atoms. The third-order valence-corrected chi connectivity index (χ3v) is 2.30. The monoisotopic (exact) mass is 245 g/mol. The van der Waals surface area contributed by atoms with E-state index in [9.17, 15) is 0 Å². The Labute approximate surface area is 105 Å². The van der Waals surface area contributed by atoms with Crippen LogP contribution in [0.4, 0.5) is 0 Å². The Morgan fingerprint density at radius 3 is 2.47 bits per heavy atom. The molecule has 0 rings (SSSR count). The lowest BCUT2D eigenvalue weighted by Gasteiger charge is -2.23.